The zero-order chi connectivity index (χ0) is 13.8. The van der Waals surface area contributed by atoms with Gasteiger partial charge in [-0.05, 0) is 18.6 Å². The SMILES string of the molecule is Cc1ccc(COc2ccc(B(O)O)c(F)c2)cc1. The smallest absolute Gasteiger partial charge is 0.489 e. The zero-order valence-electron chi connectivity index (χ0n) is 10.5. The Morgan fingerprint density at radius 1 is 1.11 bits per heavy atom. The monoisotopic (exact) mass is 260 g/mol. The fourth-order valence-electron chi connectivity index (χ4n) is 1.66. The summed E-state index contributed by atoms with van der Waals surface area (Å²) in [4.78, 5) is 0. The van der Waals surface area contributed by atoms with E-state index in [1.165, 1.54) is 12.1 Å². The molecule has 0 aromatic heterocycles. The predicted octanol–water partition coefficient (Wildman–Crippen LogP) is 1.39. The van der Waals surface area contributed by atoms with Crippen molar-refractivity contribution in [2.24, 2.45) is 0 Å². The number of hydrogen-bond donors (Lipinski definition) is 2. The fraction of sp³-hybridized carbons (Fsp3) is 0.143. The molecule has 5 heteroatoms. The minimum absolute atomic E-state index is 0.164. The van der Waals surface area contributed by atoms with Gasteiger partial charge in [-0.2, -0.15) is 0 Å². The summed E-state index contributed by atoms with van der Waals surface area (Å²) in [5.74, 6) is -0.348. The summed E-state index contributed by atoms with van der Waals surface area (Å²) in [6.45, 7) is 2.33. The van der Waals surface area contributed by atoms with Gasteiger partial charge < -0.3 is 14.8 Å². The first-order valence-corrected chi connectivity index (χ1v) is 5.90. The van der Waals surface area contributed by atoms with Crippen LogP contribution in [0.15, 0.2) is 42.5 Å². The van der Waals surface area contributed by atoms with Crippen LogP contribution in [0.5, 0.6) is 5.75 Å². The van der Waals surface area contributed by atoms with Crippen LogP contribution in [-0.2, 0) is 6.61 Å². The molecule has 3 nitrogen and oxygen atoms in total. The quantitative estimate of drug-likeness (QED) is 0.817. The van der Waals surface area contributed by atoms with Crippen molar-refractivity contribution >= 4 is 12.6 Å². The maximum Gasteiger partial charge on any atom is 0.491 e. The van der Waals surface area contributed by atoms with Crippen molar-refractivity contribution in [3.63, 3.8) is 0 Å². The van der Waals surface area contributed by atoms with Gasteiger partial charge in [0.25, 0.3) is 0 Å². The van der Waals surface area contributed by atoms with Gasteiger partial charge in [-0.1, -0.05) is 35.9 Å². The van der Waals surface area contributed by atoms with E-state index in [9.17, 15) is 4.39 Å². The Bertz CT molecular complexity index is 555. The summed E-state index contributed by atoms with van der Waals surface area (Å²) in [7, 11) is -1.81. The minimum Gasteiger partial charge on any atom is -0.489 e. The average Bonchev–Trinajstić information content (AvgIpc) is 2.37. The molecule has 0 fully saturated rings. The van der Waals surface area contributed by atoms with Gasteiger partial charge in [0.15, 0.2) is 0 Å². The highest BCUT2D eigenvalue weighted by Gasteiger charge is 2.16. The first-order chi connectivity index (χ1) is 9.06. The summed E-state index contributed by atoms with van der Waals surface area (Å²) in [5.41, 5.74) is 1.98. The lowest BCUT2D eigenvalue weighted by atomic mass is 9.80. The Labute approximate surface area is 111 Å². The molecule has 98 valence electrons. The van der Waals surface area contributed by atoms with E-state index in [0.717, 1.165) is 17.2 Å². The van der Waals surface area contributed by atoms with Crippen molar-refractivity contribution in [1.82, 2.24) is 0 Å². The molecule has 0 amide bonds. The Kier molecular flexibility index (Phi) is 4.19. The second-order valence-electron chi connectivity index (χ2n) is 4.33. The predicted molar refractivity (Wildman–Crippen MR) is 71.7 cm³/mol. The van der Waals surface area contributed by atoms with Crippen LogP contribution in [0.4, 0.5) is 4.39 Å². The summed E-state index contributed by atoms with van der Waals surface area (Å²) >= 11 is 0. The molecule has 2 aromatic rings. The van der Waals surface area contributed by atoms with Crippen LogP contribution in [0.1, 0.15) is 11.1 Å². The number of ether oxygens (including phenoxy) is 1. The van der Waals surface area contributed by atoms with Gasteiger partial charge in [0.1, 0.15) is 18.2 Å². The lowest BCUT2D eigenvalue weighted by molar-refractivity contribution is 0.304. The van der Waals surface area contributed by atoms with Crippen molar-refractivity contribution in [1.29, 1.82) is 0 Å². The average molecular weight is 260 g/mol. The highest BCUT2D eigenvalue weighted by molar-refractivity contribution is 6.58. The molecule has 0 radical (unpaired) electrons. The van der Waals surface area contributed by atoms with Gasteiger partial charge in [-0.25, -0.2) is 4.39 Å². The Hall–Kier alpha value is -1.85. The van der Waals surface area contributed by atoms with Gasteiger partial charge in [0.05, 0.1) is 0 Å². The number of aryl methyl sites for hydroxylation is 1. The van der Waals surface area contributed by atoms with Gasteiger partial charge in [0, 0.05) is 11.5 Å². The minimum atomic E-state index is -1.81. The highest BCUT2D eigenvalue weighted by atomic mass is 19.1. The Morgan fingerprint density at radius 3 is 2.37 bits per heavy atom. The van der Waals surface area contributed by atoms with Gasteiger partial charge >= 0.3 is 7.12 Å². The van der Waals surface area contributed by atoms with Crippen LogP contribution >= 0.6 is 0 Å². The molecule has 19 heavy (non-hydrogen) atoms. The number of halogens is 1. The fourth-order valence-corrected chi connectivity index (χ4v) is 1.66. The summed E-state index contributed by atoms with van der Waals surface area (Å²) in [5, 5.41) is 17.8. The van der Waals surface area contributed by atoms with E-state index in [2.05, 4.69) is 0 Å². The molecule has 0 aliphatic heterocycles. The molecule has 0 aliphatic carbocycles. The number of hydrogen-bond acceptors (Lipinski definition) is 3. The largest absolute Gasteiger partial charge is 0.491 e. The number of rotatable bonds is 4. The molecule has 2 rings (SSSR count). The van der Waals surface area contributed by atoms with Gasteiger partial charge in [-0.3, -0.25) is 0 Å². The van der Waals surface area contributed by atoms with Crippen LogP contribution in [0.25, 0.3) is 0 Å². The molecule has 2 aromatic carbocycles. The van der Waals surface area contributed by atoms with Crippen molar-refractivity contribution in [3.05, 3.63) is 59.4 Å². The Balaban J connectivity index is 2.04. The molecular weight excluding hydrogens is 246 g/mol. The third-order valence-electron chi connectivity index (χ3n) is 2.78. The molecule has 0 saturated carbocycles. The first kappa shape index (κ1) is 13.6. The summed E-state index contributed by atoms with van der Waals surface area (Å²) < 4.78 is 18.9. The third-order valence-corrected chi connectivity index (χ3v) is 2.78. The van der Waals surface area contributed by atoms with E-state index in [1.54, 1.807) is 0 Å². The molecule has 0 unspecified atom stereocenters. The number of benzene rings is 2. The van der Waals surface area contributed by atoms with Gasteiger partial charge in [0.2, 0.25) is 0 Å². The molecule has 0 heterocycles. The van der Waals surface area contributed by atoms with Crippen molar-refractivity contribution in [2.75, 3.05) is 0 Å². The third kappa shape index (κ3) is 3.56. The first-order valence-electron chi connectivity index (χ1n) is 5.90. The van der Waals surface area contributed by atoms with E-state index in [4.69, 9.17) is 14.8 Å². The summed E-state index contributed by atoms with van der Waals surface area (Å²) in [6, 6.07) is 11.8. The van der Waals surface area contributed by atoms with Crippen LogP contribution in [-0.4, -0.2) is 17.2 Å². The zero-order valence-corrected chi connectivity index (χ0v) is 10.5. The lowest BCUT2D eigenvalue weighted by Crippen LogP contribution is -2.32. The van der Waals surface area contributed by atoms with Crippen LogP contribution in [0, 0.1) is 12.7 Å². The van der Waals surface area contributed by atoms with E-state index in [0.29, 0.717) is 12.4 Å². The van der Waals surface area contributed by atoms with E-state index < -0.39 is 12.9 Å². The van der Waals surface area contributed by atoms with E-state index in [1.807, 2.05) is 31.2 Å². The molecule has 0 atom stereocenters. The van der Waals surface area contributed by atoms with E-state index >= 15 is 0 Å². The maximum absolute atomic E-state index is 13.5. The normalized spacial score (nSPS) is 10.3. The van der Waals surface area contributed by atoms with Crippen molar-refractivity contribution in [2.45, 2.75) is 13.5 Å². The molecular formula is C14H14BFO3. The van der Waals surface area contributed by atoms with Crippen molar-refractivity contribution < 1.29 is 19.2 Å². The molecule has 0 saturated heterocycles. The standard InChI is InChI=1S/C14H14BFO3/c1-10-2-4-11(5-3-10)9-19-12-6-7-13(15(17)18)14(16)8-12/h2-8,17-18H,9H2,1H3. The summed E-state index contributed by atoms with van der Waals surface area (Å²) in [6.07, 6.45) is 0. The van der Waals surface area contributed by atoms with Crippen LogP contribution < -0.4 is 10.2 Å². The second-order valence-corrected chi connectivity index (χ2v) is 4.33. The second kappa shape index (κ2) is 5.86. The van der Waals surface area contributed by atoms with Crippen LogP contribution in [0.2, 0.25) is 0 Å². The molecule has 0 spiro atoms. The Morgan fingerprint density at radius 2 is 1.79 bits per heavy atom. The van der Waals surface area contributed by atoms with Crippen LogP contribution in [0.3, 0.4) is 0 Å². The molecule has 0 bridgehead atoms. The molecule has 0 aliphatic rings. The highest BCUT2D eigenvalue weighted by Crippen LogP contribution is 2.14. The van der Waals surface area contributed by atoms with Crippen molar-refractivity contribution in [3.8, 4) is 5.75 Å². The maximum atomic E-state index is 13.5. The molecule has 2 N–H and O–H groups in total. The van der Waals surface area contributed by atoms with E-state index in [-0.39, 0.29) is 5.46 Å². The topological polar surface area (TPSA) is 49.7 Å². The lowest BCUT2D eigenvalue weighted by Gasteiger charge is -2.08. The van der Waals surface area contributed by atoms with Gasteiger partial charge in [-0.15, -0.1) is 0 Å².